The van der Waals surface area contributed by atoms with Crippen LogP contribution in [0.15, 0.2) is 66.3 Å². The Kier molecular flexibility index (Phi) is 4.41. The van der Waals surface area contributed by atoms with Crippen LogP contribution in [-0.2, 0) is 4.79 Å². The van der Waals surface area contributed by atoms with Crippen LogP contribution in [0.3, 0.4) is 0 Å². The zero-order valence-electron chi connectivity index (χ0n) is 14.2. The summed E-state index contributed by atoms with van der Waals surface area (Å²) in [6.45, 7) is 1.91. The SMILES string of the molecule is Cc1ccccc1OCC(=O)Nc1ccccc1-c1cn2ccsc2n1. The number of hydrogen-bond donors (Lipinski definition) is 1. The molecule has 4 aromatic rings. The molecule has 0 unspecified atom stereocenters. The van der Waals surface area contributed by atoms with E-state index in [0.717, 1.165) is 27.5 Å². The van der Waals surface area contributed by atoms with Crippen LogP contribution in [0.5, 0.6) is 5.75 Å². The minimum atomic E-state index is -0.207. The summed E-state index contributed by atoms with van der Waals surface area (Å²) < 4.78 is 7.59. The topological polar surface area (TPSA) is 55.6 Å². The number of rotatable bonds is 5. The highest BCUT2D eigenvalue weighted by Gasteiger charge is 2.12. The van der Waals surface area contributed by atoms with Crippen molar-refractivity contribution in [2.24, 2.45) is 0 Å². The molecule has 0 spiro atoms. The molecular formula is C20H17N3O2S. The molecule has 1 amide bonds. The van der Waals surface area contributed by atoms with Crippen LogP contribution in [0, 0.1) is 6.92 Å². The van der Waals surface area contributed by atoms with E-state index >= 15 is 0 Å². The van der Waals surface area contributed by atoms with Crippen molar-refractivity contribution in [2.75, 3.05) is 11.9 Å². The van der Waals surface area contributed by atoms with Gasteiger partial charge in [0.15, 0.2) is 11.6 Å². The van der Waals surface area contributed by atoms with Gasteiger partial charge in [-0.3, -0.25) is 9.20 Å². The Morgan fingerprint density at radius 3 is 2.85 bits per heavy atom. The normalized spacial score (nSPS) is 10.8. The second-order valence-electron chi connectivity index (χ2n) is 5.87. The van der Waals surface area contributed by atoms with E-state index in [1.807, 2.05) is 77.6 Å². The van der Waals surface area contributed by atoms with Crippen LogP contribution in [0.1, 0.15) is 5.56 Å². The van der Waals surface area contributed by atoms with E-state index in [4.69, 9.17) is 4.74 Å². The second-order valence-corrected chi connectivity index (χ2v) is 6.74. The maximum absolute atomic E-state index is 12.3. The first-order valence-electron chi connectivity index (χ1n) is 8.20. The van der Waals surface area contributed by atoms with E-state index in [1.54, 1.807) is 11.3 Å². The van der Waals surface area contributed by atoms with Crippen molar-refractivity contribution >= 4 is 27.9 Å². The first-order chi connectivity index (χ1) is 12.7. The standard InChI is InChI=1S/C20H17N3O2S/c1-14-6-2-5-9-18(14)25-13-19(24)21-16-8-4-3-7-15(16)17-12-23-10-11-26-20(23)22-17/h2-12H,13H2,1H3,(H,21,24). The predicted octanol–water partition coefficient (Wildman–Crippen LogP) is 4.39. The first-order valence-corrected chi connectivity index (χ1v) is 9.08. The Balaban J connectivity index is 1.50. The highest BCUT2D eigenvalue weighted by Crippen LogP contribution is 2.28. The molecule has 0 saturated carbocycles. The van der Waals surface area contributed by atoms with Crippen molar-refractivity contribution in [3.05, 3.63) is 71.9 Å². The fourth-order valence-corrected chi connectivity index (χ4v) is 3.42. The van der Waals surface area contributed by atoms with Gasteiger partial charge in [0.1, 0.15) is 5.75 Å². The average Bonchev–Trinajstić information content (AvgIpc) is 3.23. The van der Waals surface area contributed by atoms with Crippen molar-refractivity contribution in [3.8, 4) is 17.0 Å². The molecule has 4 rings (SSSR count). The molecule has 0 saturated heterocycles. The predicted molar refractivity (Wildman–Crippen MR) is 104 cm³/mol. The van der Waals surface area contributed by atoms with Gasteiger partial charge in [-0.15, -0.1) is 11.3 Å². The van der Waals surface area contributed by atoms with Crippen LogP contribution in [0.25, 0.3) is 16.2 Å². The molecule has 2 heterocycles. The molecule has 2 aromatic heterocycles. The number of thiazole rings is 1. The highest BCUT2D eigenvalue weighted by atomic mass is 32.1. The maximum Gasteiger partial charge on any atom is 0.262 e. The number of anilines is 1. The lowest BCUT2D eigenvalue weighted by molar-refractivity contribution is -0.118. The molecule has 1 N–H and O–H groups in total. The number of carbonyl (C=O) groups excluding carboxylic acids is 1. The third-order valence-corrected chi connectivity index (χ3v) is 4.79. The molecule has 0 radical (unpaired) electrons. The number of nitrogens with zero attached hydrogens (tertiary/aromatic N) is 2. The van der Waals surface area contributed by atoms with Gasteiger partial charge in [0, 0.05) is 23.3 Å². The van der Waals surface area contributed by atoms with Gasteiger partial charge in [-0.05, 0) is 24.6 Å². The summed E-state index contributed by atoms with van der Waals surface area (Å²) in [5.41, 5.74) is 3.43. The average molecular weight is 363 g/mol. The molecular weight excluding hydrogens is 346 g/mol. The van der Waals surface area contributed by atoms with Crippen molar-refractivity contribution in [1.82, 2.24) is 9.38 Å². The van der Waals surface area contributed by atoms with Crippen LogP contribution in [0.4, 0.5) is 5.69 Å². The number of fused-ring (bicyclic) bond motifs is 1. The van der Waals surface area contributed by atoms with E-state index in [-0.39, 0.29) is 12.5 Å². The smallest absolute Gasteiger partial charge is 0.262 e. The van der Waals surface area contributed by atoms with Gasteiger partial charge in [0.25, 0.3) is 5.91 Å². The van der Waals surface area contributed by atoms with Crippen LogP contribution in [-0.4, -0.2) is 21.9 Å². The monoisotopic (exact) mass is 363 g/mol. The Bertz CT molecular complexity index is 1040. The molecule has 0 fully saturated rings. The molecule has 130 valence electrons. The van der Waals surface area contributed by atoms with Gasteiger partial charge < -0.3 is 10.1 Å². The summed E-state index contributed by atoms with van der Waals surface area (Å²) >= 11 is 1.57. The van der Waals surface area contributed by atoms with Crippen molar-refractivity contribution in [1.29, 1.82) is 0 Å². The quantitative estimate of drug-likeness (QED) is 0.572. The lowest BCUT2D eigenvalue weighted by Crippen LogP contribution is -2.20. The highest BCUT2D eigenvalue weighted by molar-refractivity contribution is 7.15. The zero-order chi connectivity index (χ0) is 17.9. The number of carbonyl (C=O) groups is 1. The lowest BCUT2D eigenvalue weighted by atomic mass is 10.1. The summed E-state index contributed by atoms with van der Waals surface area (Å²) in [5.74, 6) is 0.506. The number of aromatic nitrogens is 2. The van der Waals surface area contributed by atoms with E-state index in [2.05, 4.69) is 10.3 Å². The van der Waals surface area contributed by atoms with E-state index < -0.39 is 0 Å². The van der Waals surface area contributed by atoms with Crippen LogP contribution in [0.2, 0.25) is 0 Å². The second kappa shape index (κ2) is 7.01. The molecule has 0 aliphatic carbocycles. The molecule has 0 bridgehead atoms. The Labute approximate surface area is 154 Å². The van der Waals surface area contributed by atoms with Gasteiger partial charge >= 0.3 is 0 Å². The van der Waals surface area contributed by atoms with Crippen LogP contribution >= 0.6 is 11.3 Å². The number of benzene rings is 2. The number of para-hydroxylation sites is 2. The zero-order valence-corrected chi connectivity index (χ0v) is 15.0. The van der Waals surface area contributed by atoms with Gasteiger partial charge in [0.2, 0.25) is 0 Å². The molecule has 6 heteroatoms. The number of ether oxygens (including phenoxy) is 1. The lowest BCUT2D eigenvalue weighted by Gasteiger charge is -2.11. The molecule has 0 aliphatic rings. The van der Waals surface area contributed by atoms with Gasteiger partial charge in [-0.1, -0.05) is 36.4 Å². The summed E-state index contributed by atoms with van der Waals surface area (Å²) in [6.07, 6.45) is 3.92. The number of nitrogens with one attached hydrogen (secondary N) is 1. The third-order valence-electron chi connectivity index (χ3n) is 4.02. The summed E-state index contributed by atoms with van der Waals surface area (Å²) in [6, 6.07) is 15.3. The molecule has 0 aliphatic heterocycles. The summed E-state index contributed by atoms with van der Waals surface area (Å²) in [4.78, 5) is 17.9. The van der Waals surface area contributed by atoms with Crippen molar-refractivity contribution < 1.29 is 9.53 Å². The largest absolute Gasteiger partial charge is 0.483 e. The number of aryl methyl sites for hydroxylation is 1. The maximum atomic E-state index is 12.3. The fraction of sp³-hybridized carbons (Fsp3) is 0.100. The molecule has 26 heavy (non-hydrogen) atoms. The van der Waals surface area contributed by atoms with Crippen molar-refractivity contribution in [3.63, 3.8) is 0 Å². The number of imidazole rings is 1. The van der Waals surface area contributed by atoms with E-state index in [1.165, 1.54) is 0 Å². The Morgan fingerprint density at radius 1 is 1.19 bits per heavy atom. The Morgan fingerprint density at radius 2 is 2.00 bits per heavy atom. The van der Waals surface area contributed by atoms with Gasteiger partial charge in [0.05, 0.1) is 11.4 Å². The molecule has 5 nitrogen and oxygen atoms in total. The van der Waals surface area contributed by atoms with Gasteiger partial charge in [-0.25, -0.2) is 4.98 Å². The van der Waals surface area contributed by atoms with Crippen molar-refractivity contribution in [2.45, 2.75) is 6.92 Å². The van der Waals surface area contributed by atoms with E-state index in [9.17, 15) is 4.79 Å². The Hall–Kier alpha value is -3.12. The number of amides is 1. The third kappa shape index (κ3) is 3.32. The van der Waals surface area contributed by atoms with Crippen LogP contribution < -0.4 is 10.1 Å². The van der Waals surface area contributed by atoms with E-state index in [0.29, 0.717) is 5.75 Å². The molecule has 2 aromatic carbocycles. The minimum absolute atomic E-state index is 0.0442. The van der Waals surface area contributed by atoms with Gasteiger partial charge in [-0.2, -0.15) is 0 Å². The number of hydrogen-bond acceptors (Lipinski definition) is 4. The summed E-state index contributed by atoms with van der Waals surface area (Å²) in [5, 5.41) is 4.91. The summed E-state index contributed by atoms with van der Waals surface area (Å²) in [7, 11) is 0. The first kappa shape index (κ1) is 16.4. The molecule has 0 atom stereocenters. The fourth-order valence-electron chi connectivity index (χ4n) is 2.72. The minimum Gasteiger partial charge on any atom is -0.483 e.